The molecular formula is C16H36N2O3Si2. The first kappa shape index (κ1) is 22.3. The fraction of sp³-hybridized carbons (Fsp3) is 0.875. The molecule has 0 bridgehead atoms. The van der Waals surface area contributed by atoms with Gasteiger partial charge in [0.05, 0.1) is 0 Å². The maximum Gasteiger partial charge on any atom is 0.223 e. The second-order valence-corrected chi connectivity index (χ2v) is 15.0. The average Bonchev–Trinajstić information content (AvgIpc) is 2.51. The van der Waals surface area contributed by atoms with Crippen LogP contribution in [0.2, 0.25) is 24.2 Å². The Morgan fingerprint density at radius 3 is 2.30 bits per heavy atom. The Morgan fingerprint density at radius 2 is 1.83 bits per heavy atom. The van der Waals surface area contributed by atoms with Crippen LogP contribution in [0.3, 0.4) is 0 Å². The lowest BCUT2D eigenvalue weighted by atomic mass is 9.98. The molecule has 136 valence electrons. The van der Waals surface area contributed by atoms with Gasteiger partial charge in [-0.2, -0.15) is 0 Å². The van der Waals surface area contributed by atoms with Crippen LogP contribution in [0.25, 0.3) is 0 Å². The Morgan fingerprint density at radius 1 is 1.22 bits per heavy atom. The van der Waals surface area contributed by atoms with Crippen LogP contribution in [0.15, 0.2) is 0 Å². The highest BCUT2D eigenvalue weighted by Crippen LogP contribution is 2.29. The van der Waals surface area contributed by atoms with Gasteiger partial charge < -0.3 is 14.7 Å². The first-order chi connectivity index (χ1) is 10.6. The summed E-state index contributed by atoms with van der Waals surface area (Å²) in [5, 5.41) is 5.61. The van der Waals surface area contributed by atoms with E-state index in [1.54, 1.807) is 14.1 Å². The Labute approximate surface area is 145 Å². The van der Waals surface area contributed by atoms with E-state index in [9.17, 15) is 9.59 Å². The third-order valence-electron chi connectivity index (χ3n) is 4.47. The molecule has 0 spiro atoms. The number of amides is 2. The van der Waals surface area contributed by atoms with E-state index in [1.165, 1.54) is 0 Å². The van der Waals surface area contributed by atoms with Crippen LogP contribution in [0.5, 0.6) is 0 Å². The first-order valence-corrected chi connectivity index (χ1v) is 13.0. The second-order valence-electron chi connectivity index (χ2n) is 7.65. The average molecular weight is 361 g/mol. The molecule has 23 heavy (non-hydrogen) atoms. The van der Waals surface area contributed by atoms with Crippen molar-refractivity contribution in [2.45, 2.75) is 70.6 Å². The van der Waals surface area contributed by atoms with Crippen molar-refractivity contribution in [2.24, 2.45) is 5.92 Å². The van der Waals surface area contributed by atoms with E-state index < -0.39 is 18.1 Å². The molecule has 2 amide bonds. The van der Waals surface area contributed by atoms with Gasteiger partial charge in [-0.3, -0.25) is 9.59 Å². The molecule has 2 N–H and O–H groups in total. The van der Waals surface area contributed by atoms with Crippen molar-refractivity contribution in [2.75, 3.05) is 14.1 Å². The van der Waals surface area contributed by atoms with Gasteiger partial charge in [0.1, 0.15) is 0 Å². The molecule has 0 aromatic rings. The second kappa shape index (κ2) is 10.3. The van der Waals surface area contributed by atoms with E-state index in [1.807, 2.05) is 0 Å². The number of carbonyl (C=O) groups excluding carboxylic acids is 2. The van der Waals surface area contributed by atoms with Crippen molar-refractivity contribution in [1.82, 2.24) is 10.6 Å². The summed E-state index contributed by atoms with van der Waals surface area (Å²) in [4.78, 5) is 23.5. The fourth-order valence-corrected chi connectivity index (χ4v) is 7.16. The van der Waals surface area contributed by atoms with Gasteiger partial charge in [0.15, 0.2) is 18.1 Å². The zero-order valence-corrected chi connectivity index (χ0v) is 18.5. The quantitative estimate of drug-likeness (QED) is 0.555. The molecule has 1 atom stereocenters. The Hall–Kier alpha value is -0.666. The van der Waals surface area contributed by atoms with E-state index in [-0.39, 0.29) is 24.2 Å². The molecule has 0 radical (unpaired) electrons. The summed E-state index contributed by atoms with van der Waals surface area (Å²) in [5.74, 6) is -0.368. The summed E-state index contributed by atoms with van der Waals surface area (Å²) in [6, 6.07) is 1.04. The predicted molar refractivity (Wildman–Crippen MR) is 102 cm³/mol. The van der Waals surface area contributed by atoms with E-state index in [2.05, 4.69) is 44.5 Å². The normalized spacial score (nSPS) is 14.0. The van der Waals surface area contributed by atoms with Gasteiger partial charge in [-0.15, -0.1) is 0 Å². The molecule has 0 aliphatic rings. The van der Waals surface area contributed by atoms with Crippen molar-refractivity contribution in [3.05, 3.63) is 0 Å². The zero-order chi connectivity index (χ0) is 18.1. The Bertz CT molecular complexity index is 388. The molecule has 1 unspecified atom stereocenters. The summed E-state index contributed by atoms with van der Waals surface area (Å²) < 4.78 is 6.35. The van der Waals surface area contributed by atoms with Gasteiger partial charge in [-0.25, -0.2) is 0 Å². The number of rotatable bonds is 11. The van der Waals surface area contributed by atoms with Gasteiger partial charge in [0.2, 0.25) is 11.8 Å². The lowest BCUT2D eigenvalue weighted by Crippen LogP contribution is -2.36. The molecule has 0 saturated carbocycles. The molecule has 0 aliphatic carbocycles. The smallest absolute Gasteiger partial charge is 0.223 e. The summed E-state index contributed by atoms with van der Waals surface area (Å²) >= 11 is 0. The maximum absolute atomic E-state index is 11.9. The fourth-order valence-electron chi connectivity index (χ4n) is 2.19. The van der Waals surface area contributed by atoms with E-state index in [0.29, 0.717) is 5.04 Å². The summed E-state index contributed by atoms with van der Waals surface area (Å²) in [5.41, 5.74) is 0. The molecule has 0 heterocycles. The van der Waals surface area contributed by atoms with Gasteiger partial charge >= 0.3 is 0 Å². The van der Waals surface area contributed by atoms with Crippen LogP contribution in [0, 0.1) is 5.92 Å². The van der Waals surface area contributed by atoms with Gasteiger partial charge in [-0.05, 0) is 30.6 Å². The third kappa shape index (κ3) is 9.93. The lowest BCUT2D eigenvalue weighted by Gasteiger charge is -2.30. The predicted octanol–water partition coefficient (Wildman–Crippen LogP) is 2.18. The topological polar surface area (TPSA) is 67.4 Å². The van der Waals surface area contributed by atoms with Crippen molar-refractivity contribution in [3.8, 4) is 0 Å². The highest BCUT2D eigenvalue weighted by Gasteiger charge is 2.27. The van der Waals surface area contributed by atoms with Crippen LogP contribution >= 0.6 is 0 Å². The molecular weight excluding hydrogens is 324 g/mol. The van der Waals surface area contributed by atoms with Gasteiger partial charge in [0, 0.05) is 26.4 Å². The third-order valence-corrected chi connectivity index (χ3v) is 11.0. The van der Waals surface area contributed by atoms with Crippen molar-refractivity contribution < 1.29 is 13.7 Å². The molecule has 0 aliphatic heterocycles. The molecule has 0 fully saturated rings. The van der Waals surface area contributed by atoms with E-state index in [4.69, 9.17) is 4.12 Å². The van der Waals surface area contributed by atoms with E-state index in [0.717, 1.165) is 25.3 Å². The maximum atomic E-state index is 11.9. The minimum Gasteiger partial charge on any atom is -0.460 e. The SMILES string of the molecule is CCC(C)(C)[SiH2]O[Si](C)(C)CCCC(CC(=O)NC)C(=O)NC. The highest BCUT2D eigenvalue weighted by molar-refractivity contribution is 6.75. The number of nitrogens with one attached hydrogen (secondary N) is 2. The van der Waals surface area contributed by atoms with Gasteiger partial charge in [0.25, 0.3) is 0 Å². The molecule has 0 aromatic carbocycles. The highest BCUT2D eigenvalue weighted by atomic mass is 28.4. The van der Waals surface area contributed by atoms with Crippen molar-refractivity contribution >= 4 is 29.9 Å². The minimum absolute atomic E-state index is 0.0458. The van der Waals surface area contributed by atoms with Gasteiger partial charge in [-0.1, -0.05) is 33.6 Å². The molecule has 0 aromatic heterocycles. The molecule has 0 saturated heterocycles. The van der Waals surface area contributed by atoms with Crippen LogP contribution < -0.4 is 10.6 Å². The lowest BCUT2D eigenvalue weighted by molar-refractivity contribution is -0.130. The molecule has 7 heteroatoms. The Kier molecular flexibility index (Phi) is 9.95. The summed E-state index contributed by atoms with van der Waals surface area (Å²) in [7, 11) is 1.03. The monoisotopic (exact) mass is 360 g/mol. The summed E-state index contributed by atoms with van der Waals surface area (Å²) in [6.45, 7) is 11.3. The number of hydrogen-bond donors (Lipinski definition) is 2. The number of carbonyl (C=O) groups is 2. The van der Waals surface area contributed by atoms with E-state index >= 15 is 0 Å². The number of hydrogen-bond acceptors (Lipinski definition) is 3. The van der Waals surface area contributed by atoms with Crippen LogP contribution in [0.1, 0.15) is 46.5 Å². The summed E-state index contributed by atoms with van der Waals surface area (Å²) in [6.07, 6.45) is 3.10. The van der Waals surface area contributed by atoms with Crippen LogP contribution in [-0.2, 0) is 13.7 Å². The Balaban J connectivity index is 4.39. The van der Waals surface area contributed by atoms with Crippen LogP contribution in [-0.4, -0.2) is 44.0 Å². The molecule has 5 nitrogen and oxygen atoms in total. The molecule has 0 rings (SSSR count). The zero-order valence-electron chi connectivity index (χ0n) is 16.0. The van der Waals surface area contributed by atoms with Crippen LogP contribution in [0.4, 0.5) is 0 Å². The minimum atomic E-state index is -1.66. The standard InChI is InChI=1S/C16H36N2O3Si2/c1-8-16(2,3)22-21-23(6,7)11-9-10-13(15(20)18-5)12-14(19)17-4/h13H,8-12,22H2,1-7H3,(H,17,19)(H,18,20). The van der Waals surface area contributed by atoms with Crippen molar-refractivity contribution in [1.29, 1.82) is 0 Å². The largest absolute Gasteiger partial charge is 0.460 e. The first-order valence-electron chi connectivity index (χ1n) is 8.63. The van der Waals surface area contributed by atoms with Crippen molar-refractivity contribution in [3.63, 3.8) is 0 Å².